The normalized spacial score (nSPS) is 25.0. The SMILES string of the molecule is CCCCC1CCCCC(C2CCc3ccccc3C2Oc2ccc(C#N)c(CC)c2F)CC1. The van der Waals surface area contributed by atoms with Crippen LogP contribution in [-0.2, 0) is 12.8 Å². The first-order valence-electron chi connectivity index (χ1n) is 13.6. The van der Waals surface area contributed by atoms with Crippen molar-refractivity contribution in [2.24, 2.45) is 17.8 Å². The average Bonchev–Trinajstić information content (AvgIpc) is 2.85. The number of nitrogens with zero attached hydrogens (tertiary/aromatic N) is 1. The molecule has 0 aliphatic heterocycles. The lowest BCUT2D eigenvalue weighted by Gasteiger charge is -2.40. The van der Waals surface area contributed by atoms with E-state index in [0.29, 0.717) is 35.1 Å². The van der Waals surface area contributed by atoms with E-state index in [1.54, 1.807) is 12.1 Å². The van der Waals surface area contributed by atoms with E-state index in [0.717, 1.165) is 18.8 Å². The van der Waals surface area contributed by atoms with Crippen LogP contribution in [0, 0.1) is 34.9 Å². The summed E-state index contributed by atoms with van der Waals surface area (Å²) < 4.78 is 22.0. The number of aryl methyl sites for hydroxylation is 1. The standard InChI is InChI=1S/C31H40FNO/c1-3-5-10-22-11-6-7-12-23(16-15-22)28-19-17-24-13-8-9-14-27(24)31(28)34-29-20-18-25(21-33)26(4-2)30(29)32/h8-9,13-14,18,20,22-23,28,31H,3-7,10-12,15-17,19H2,1-2H3. The maximum absolute atomic E-state index is 15.4. The highest BCUT2D eigenvalue weighted by molar-refractivity contribution is 5.45. The zero-order valence-electron chi connectivity index (χ0n) is 21.0. The van der Waals surface area contributed by atoms with Crippen molar-refractivity contribution in [2.75, 3.05) is 0 Å². The molecule has 4 rings (SSSR count). The third kappa shape index (κ3) is 5.48. The lowest BCUT2D eigenvalue weighted by Crippen LogP contribution is -2.32. The Balaban J connectivity index is 1.62. The monoisotopic (exact) mass is 461 g/mol. The number of benzene rings is 2. The molecule has 2 aliphatic rings. The molecule has 4 atom stereocenters. The summed E-state index contributed by atoms with van der Waals surface area (Å²) in [6, 6.07) is 14.1. The third-order valence-corrected chi connectivity index (χ3v) is 8.39. The molecule has 1 fully saturated rings. The minimum atomic E-state index is -0.361. The van der Waals surface area contributed by atoms with E-state index in [1.807, 2.05) is 6.92 Å². The number of fused-ring (bicyclic) bond motifs is 1. The van der Waals surface area contributed by atoms with Crippen LogP contribution in [0.1, 0.15) is 106 Å². The zero-order chi connectivity index (χ0) is 23.9. The van der Waals surface area contributed by atoms with Gasteiger partial charge in [-0.3, -0.25) is 0 Å². The van der Waals surface area contributed by atoms with E-state index >= 15 is 4.39 Å². The van der Waals surface area contributed by atoms with E-state index in [4.69, 9.17) is 4.74 Å². The summed E-state index contributed by atoms with van der Waals surface area (Å²) in [5.41, 5.74) is 3.43. The first-order valence-corrected chi connectivity index (χ1v) is 13.6. The largest absolute Gasteiger partial charge is 0.482 e. The van der Waals surface area contributed by atoms with Crippen molar-refractivity contribution in [3.63, 3.8) is 0 Å². The molecule has 3 heteroatoms. The van der Waals surface area contributed by atoms with Crippen LogP contribution in [-0.4, -0.2) is 0 Å². The Bertz CT molecular complexity index is 991. The molecule has 0 N–H and O–H groups in total. The molecule has 1 saturated carbocycles. The first kappa shape index (κ1) is 24.8. The molecule has 2 aliphatic carbocycles. The summed E-state index contributed by atoms with van der Waals surface area (Å²) in [7, 11) is 0. The average molecular weight is 462 g/mol. The van der Waals surface area contributed by atoms with Gasteiger partial charge in [0.25, 0.3) is 0 Å². The number of hydrogen-bond acceptors (Lipinski definition) is 2. The number of rotatable bonds is 7. The molecule has 0 heterocycles. The Kier molecular flexibility index (Phi) is 8.65. The molecule has 0 amide bonds. The second-order valence-corrected chi connectivity index (χ2v) is 10.4. The Hall–Kier alpha value is -2.34. The van der Waals surface area contributed by atoms with Gasteiger partial charge in [0.05, 0.1) is 11.6 Å². The van der Waals surface area contributed by atoms with E-state index in [9.17, 15) is 5.26 Å². The maximum atomic E-state index is 15.4. The summed E-state index contributed by atoms with van der Waals surface area (Å²) in [5.74, 6) is 1.82. The van der Waals surface area contributed by atoms with E-state index in [2.05, 4.69) is 37.3 Å². The summed E-state index contributed by atoms with van der Waals surface area (Å²) in [5, 5.41) is 9.40. The van der Waals surface area contributed by atoms with Gasteiger partial charge < -0.3 is 4.74 Å². The summed E-state index contributed by atoms with van der Waals surface area (Å²) >= 11 is 0. The van der Waals surface area contributed by atoms with Crippen LogP contribution in [0.4, 0.5) is 4.39 Å². The Morgan fingerprint density at radius 3 is 2.62 bits per heavy atom. The molecule has 0 saturated heterocycles. The Labute approximate surface area is 205 Å². The molecule has 0 spiro atoms. The number of unbranched alkanes of at least 4 members (excludes halogenated alkanes) is 1. The minimum absolute atomic E-state index is 0.129. The fourth-order valence-corrected chi connectivity index (χ4v) is 6.44. The number of nitriles is 1. The van der Waals surface area contributed by atoms with Crippen molar-refractivity contribution in [2.45, 2.75) is 97.0 Å². The van der Waals surface area contributed by atoms with Gasteiger partial charge in [0.2, 0.25) is 0 Å². The van der Waals surface area contributed by atoms with Crippen LogP contribution in [0.5, 0.6) is 5.75 Å². The molecule has 182 valence electrons. The highest BCUT2D eigenvalue weighted by Crippen LogP contribution is 2.46. The second-order valence-electron chi connectivity index (χ2n) is 10.4. The van der Waals surface area contributed by atoms with Gasteiger partial charge >= 0.3 is 0 Å². The summed E-state index contributed by atoms with van der Waals surface area (Å²) in [6.45, 7) is 4.19. The van der Waals surface area contributed by atoms with Gasteiger partial charge in [-0.05, 0) is 60.8 Å². The third-order valence-electron chi connectivity index (χ3n) is 8.39. The smallest absolute Gasteiger partial charge is 0.169 e. The molecule has 2 aromatic carbocycles. The fraction of sp³-hybridized carbons (Fsp3) is 0.581. The van der Waals surface area contributed by atoms with Crippen LogP contribution in [0.15, 0.2) is 36.4 Å². The highest BCUT2D eigenvalue weighted by atomic mass is 19.1. The first-order chi connectivity index (χ1) is 16.7. The van der Waals surface area contributed by atoms with Crippen molar-refractivity contribution in [1.29, 1.82) is 5.26 Å². The van der Waals surface area contributed by atoms with Crippen LogP contribution >= 0.6 is 0 Å². The van der Waals surface area contributed by atoms with Crippen molar-refractivity contribution in [3.8, 4) is 11.8 Å². The van der Waals surface area contributed by atoms with Gasteiger partial charge in [-0.1, -0.05) is 89.5 Å². The quantitative estimate of drug-likeness (QED) is 0.413. The molecule has 34 heavy (non-hydrogen) atoms. The van der Waals surface area contributed by atoms with Crippen LogP contribution in [0.25, 0.3) is 0 Å². The predicted octanol–water partition coefficient (Wildman–Crippen LogP) is 8.72. The molecule has 0 radical (unpaired) electrons. The molecular weight excluding hydrogens is 421 g/mol. The van der Waals surface area contributed by atoms with E-state index < -0.39 is 0 Å². The molecule has 0 bridgehead atoms. The lowest BCUT2D eigenvalue weighted by atomic mass is 9.70. The zero-order valence-corrected chi connectivity index (χ0v) is 21.0. The second kappa shape index (κ2) is 11.9. The Morgan fingerprint density at radius 2 is 1.82 bits per heavy atom. The van der Waals surface area contributed by atoms with Gasteiger partial charge in [-0.25, -0.2) is 4.39 Å². The van der Waals surface area contributed by atoms with Crippen molar-refractivity contribution < 1.29 is 9.13 Å². The maximum Gasteiger partial charge on any atom is 0.169 e. The van der Waals surface area contributed by atoms with Gasteiger partial charge in [-0.15, -0.1) is 0 Å². The fourth-order valence-electron chi connectivity index (χ4n) is 6.44. The lowest BCUT2D eigenvalue weighted by molar-refractivity contribution is 0.0611. The predicted molar refractivity (Wildman–Crippen MR) is 136 cm³/mol. The molecule has 0 aromatic heterocycles. The van der Waals surface area contributed by atoms with Crippen LogP contribution in [0.2, 0.25) is 0 Å². The minimum Gasteiger partial charge on any atom is -0.482 e. The number of halogens is 1. The highest BCUT2D eigenvalue weighted by Gasteiger charge is 2.37. The Morgan fingerprint density at radius 1 is 1.00 bits per heavy atom. The van der Waals surface area contributed by atoms with Crippen LogP contribution < -0.4 is 4.74 Å². The molecule has 2 aromatic rings. The number of ether oxygens (including phenoxy) is 1. The van der Waals surface area contributed by atoms with E-state index in [1.165, 1.54) is 68.9 Å². The van der Waals surface area contributed by atoms with Gasteiger partial charge in [0, 0.05) is 11.5 Å². The van der Waals surface area contributed by atoms with Crippen LogP contribution in [0.3, 0.4) is 0 Å². The van der Waals surface area contributed by atoms with Gasteiger partial charge in [-0.2, -0.15) is 5.26 Å². The van der Waals surface area contributed by atoms with Gasteiger partial charge in [0.15, 0.2) is 11.6 Å². The molecular formula is C31H40FNO. The topological polar surface area (TPSA) is 33.0 Å². The summed E-state index contributed by atoms with van der Waals surface area (Å²) in [6.07, 6.45) is 14.4. The molecule has 2 nitrogen and oxygen atoms in total. The van der Waals surface area contributed by atoms with Crippen molar-refractivity contribution in [3.05, 3.63) is 64.5 Å². The number of hydrogen-bond donors (Lipinski definition) is 0. The molecule has 4 unspecified atom stereocenters. The summed E-state index contributed by atoms with van der Waals surface area (Å²) in [4.78, 5) is 0. The van der Waals surface area contributed by atoms with Gasteiger partial charge in [0.1, 0.15) is 6.10 Å². The van der Waals surface area contributed by atoms with Crippen molar-refractivity contribution in [1.82, 2.24) is 0 Å². The van der Waals surface area contributed by atoms with E-state index in [-0.39, 0.29) is 11.9 Å². The van der Waals surface area contributed by atoms with Crippen molar-refractivity contribution >= 4 is 0 Å².